The highest BCUT2D eigenvalue weighted by molar-refractivity contribution is 9.10. The summed E-state index contributed by atoms with van der Waals surface area (Å²) < 4.78 is 11.3. The summed E-state index contributed by atoms with van der Waals surface area (Å²) >= 11 is 3.37. The van der Waals surface area contributed by atoms with Gasteiger partial charge >= 0.3 is 0 Å². The zero-order valence-corrected chi connectivity index (χ0v) is 15.0. The number of carbonyl (C=O) groups excluding carboxylic acids is 1. The first-order valence-electron chi connectivity index (χ1n) is 7.39. The standard InChI is InChI=1S/C16H20BrN3O3/c1-10(18-2)8-15-19-16(23-20-15)7-5-13(21)12-9-11(17)4-6-14(12)22-3/h4,6,9-10,18H,5,7-8H2,1-3H3. The molecule has 23 heavy (non-hydrogen) atoms. The lowest BCUT2D eigenvalue weighted by atomic mass is 10.1. The molecule has 1 aromatic carbocycles. The molecular formula is C16H20BrN3O3. The van der Waals surface area contributed by atoms with Gasteiger partial charge in [-0.05, 0) is 32.2 Å². The number of nitrogens with one attached hydrogen (secondary N) is 1. The van der Waals surface area contributed by atoms with E-state index in [-0.39, 0.29) is 18.2 Å². The number of benzene rings is 1. The van der Waals surface area contributed by atoms with Crippen LogP contribution in [0.2, 0.25) is 0 Å². The molecule has 1 atom stereocenters. The number of rotatable bonds is 8. The minimum Gasteiger partial charge on any atom is -0.496 e. The minimum absolute atomic E-state index is 0.0218. The van der Waals surface area contributed by atoms with E-state index in [0.29, 0.717) is 35.9 Å². The van der Waals surface area contributed by atoms with E-state index in [0.717, 1.165) is 4.47 Å². The van der Waals surface area contributed by atoms with Gasteiger partial charge in [0.1, 0.15) is 5.75 Å². The number of hydrogen-bond donors (Lipinski definition) is 1. The molecule has 0 bridgehead atoms. The number of carbonyl (C=O) groups is 1. The van der Waals surface area contributed by atoms with Crippen molar-refractivity contribution in [2.24, 2.45) is 0 Å². The molecule has 0 saturated heterocycles. The van der Waals surface area contributed by atoms with Gasteiger partial charge in [0.2, 0.25) is 5.89 Å². The van der Waals surface area contributed by atoms with Gasteiger partial charge in [0.05, 0.1) is 12.7 Å². The average Bonchev–Trinajstić information content (AvgIpc) is 2.99. The Bertz CT molecular complexity index is 672. The molecule has 1 N–H and O–H groups in total. The van der Waals surface area contributed by atoms with Crippen molar-refractivity contribution in [1.29, 1.82) is 0 Å². The summed E-state index contributed by atoms with van der Waals surface area (Å²) in [6, 6.07) is 5.63. The molecule has 0 fully saturated rings. The van der Waals surface area contributed by atoms with Crippen molar-refractivity contribution in [2.75, 3.05) is 14.2 Å². The molecular weight excluding hydrogens is 362 g/mol. The van der Waals surface area contributed by atoms with E-state index < -0.39 is 0 Å². The zero-order valence-electron chi connectivity index (χ0n) is 13.4. The van der Waals surface area contributed by atoms with Gasteiger partial charge in [-0.3, -0.25) is 4.79 Å². The monoisotopic (exact) mass is 381 g/mol. The second-order valence-electron chi connectivity index (χ2n) is 5.27. The largest absolute Gasteiger partial charge is 0.496 e. The van der Waals surface area contributed by atoms with Crippen LogP contribution in [0.15, 0.2) is 27.2 Å². The number of nitrogens with zero attached hydrogens (tertiary/aromatic N) is 2. The van der Waals surface area contributed by atoms with Crippen LogP contribution in [-0.4, -0.2) is 36.1 Å². The van der Waals surface area contributed by atoms with Crippen molar-refractivity contribution in [3.63, 3.8) is 0 Å². The lowest BCUT2D eigenvalue weighted by molar-refractivity contribution is 0.0976. The highest BCUT2D eigenvalue weighted by Crippen LogP contribution is 2.24. The summed E-state index contributed by atoms with van der Waals surface area (Å²) in [6.45, 7) is 2.04. The first-order chi connectivity index (χ1) is 11.0. The smallest absolute Gasteiger partial charge is 0.227 e. The fourth-order valence-corrected chi connectivity index (χ4v) is 2.46. The SMILES string of the molecule is CNC(C)Cc1noc(CCC(=O)c2cc(Br)ccc2OC)n1. The summed E-state index contributed by atoms with van der Waals surface area (Å²) in [7, 11) is 3.43. The van der Waals surface area contributed by atoms with Crippen LogP contribution in [-0.2, 0) is 12.8 Å². The fourth-order valence-electron chi connectivity index (χ4n) is 2.10. The minimum atomic E-state index is -0.0218. The predicted molar refractivity (Wildman–Crippen MR) is 89.9 cm³/mol. The second-order valence-corrected chi connectivity index (χ2v) is 6.18. The number of ketones is 1. The molecule has 0 radical (unpaired) electrons. The Labute approximate surface area is 143 Å². The number of Topliss-reactive ketones (excluding diaryl/α,β-unsaturated/α-hetero) is 1. The maximum Gasteiger partial charge on any atom is 0.227 e. The molecule has 1 aromatic heterocycles. The number of aryl methyl sites for hydroxylation is 1. The number of likely N-dealkylation sites (N-methyl/N-ethyl adjacent to an activating group) is 1. The third-order valence-corrected chi connectivity index (χ3v) is 4.01. The van der Waals surface area contributed by atoms with Gasteiger partial charge in [0, 0.05) is 29.8 Å². The summed E-state index contributed by atoms with van der Waals surface area (Å²) in [4.78, 5) is 16.7. The Morgan fingerprint density at radius 2 is 2.26 bits per heavy atom. The Kier molecular flexibility index (Phi) is 6.29. The van der Waals surface area contributed by atoms with E-state index >= 15 is 0 Å². The van der Waals surface area contributed by atoms with E-state index in [1.807, 2.05) is 20.0 Å². The van der Waals surface area contributed by atoms with E-state index in [1.54, 1.807) is 19.2 Å². The highest BCUT2D eigenvalue weighted by Gasteiger charge is 2.15. The van der Waals surface area contributed by atoms with Gasteiger partial charge in [-0.15, -0.1) is 0 Å². The Morgan fingerprint density at radius 3 is 2.96 bits per heavy atom. The second kappa shape index (κ2) is 8.21. The molecule has 7 heteroatoms. The van der Waals surface area contributed by atoms with E-state index in [1.165, 1.54) is 0 Å². The van der Waals surface area contributed by atoms with Crippen molar-refractivity contribution in [3.8, 4) is 5.75 Å². The van der Waals surface area contributed by atoms with Gasteiger partial charge in [-0.25, -0.2) is 0 Å². The zero-order chi connectivity index (χ0) is 16.8. The van der Waals surface area contributed by atoms with Gasteiger partial charge < -0.3 is 14.6 Å². The number of aromatic nitrogens is 2. The van der Waals surface area contributed by atoms with Crippen LogP contribution in [0.4, 0.5) is 0 Å². The Hall–Kier alpha value is -1.73. The summed E-state index contributed by atoms with van der Waals surface area (Å²) in [5.74, 6) is 1.67. The molecule has 0 saturated carbocycles. The van der Waals surface area contributed by atoms with Crippen LogP contribution < -0.4 is 10.1 Å². The number of ether oxygens (including phenoxy) is 1. The van der Waals surface area contributed by atoms with Crippen molar-refractivity contribution in [3.05, 3.63) is 40.0 Å². The van der Waals surface area contributed by atoms with Crippen LogP contribution in [0.25, 0.3) is 0 Å². The molecule has 2 aromatic rings. The van der Waals surface area contributed by atoms with E-state index in [9.17, 15) is 4.79 Å². The molecule has 0 aliphatic rings. The van der Waals surface area contributed by atoms with Crippen LogP contribution in [0.5, 0.6) is 5.75 Å². The lowest BCUT2D eigenvalue weighted by Crippen LogP contribution is -2.24. The molecule has 0 aliphatic carbocycles. The van der Waals surface area contributed by atoms with Crippen LogP contribution in [0.3, 0.4) is 0 Å². The van der Waals surface area contributed by atoms with Crippen molar-refractivity contribution in [1.82, 2.24) is 15.5 Å². The highest BCUT2D eigenvalue weighted by atomic mass is 79.9. The van der Waals surface area contributed by atoms with Gasteiger partial charge in [-0.2, -0.15) is 4.98 Å². The predicted octanol–water partition coefficient (Wildman–Crippen LogP) is 2.81. The summed E-state index contributed by atoms with van der Waals surface area (Å²) in [5, 5.41) is 7.05. The van der Waals surface area contributed by atoms with Crippen LogP contribution >= 0.6 is 15.9 Å². The molecule has 1 unspecified atom stereocenters. The van der Waals surface area contributed by atoms with Gasteiger partial charge in [-0.1, -0.05) is 21.1 Å². The van der Waals surface area contributed by atoms with E-state index in [2.05, 4.69) is 31.4 Å². The number of hydrogen-bond acceptors (Lipinski definition) is 6. The quantitative estimate of drug-likeness (QED) is 0.708. The lowest BCUT2D eigenvalue weighted by Gasteiger charge is -2.07. The molecule has 0 spiro atoms. The maximum atomic E-state index is 12.4. The normalized spacial score (nSPS) is 12.2. The Morgan fingerprint density at radius 1 is 1.48 bits per heavy atom. The summed E-state index contributed by atoms with van der Waals surface area (Å²) in [5.41, 5.74) is 0.547. The van der Waals surface area contributed by atoms with Crippen LogP contribution in [0, 0.1) is 0 Å². The molecule has 124 valence electrons. The molecule has 0 aliphatic heterocycles. The topological polar surface area (TPSA) is 77.2 Å². The molecule has 2 rings (SSSR count). The first-order valence-corrected chi connectivity index (χ1v) is 8.18. The van der Waals surface area contributed by atoms with Crippen molar-refractivity contribution in [2.45, 2.75) is 32.2 Å². The average molecular weight is 382 g/mol. The van der Waals surface area contributed by atoms with E-state index in [4.69, 9.17) is 9.26 Å². The Balaban J connectivity index is 1.98. The van der Waals surface area contributed by atoms with Gasteiger partial charge in [0.15, 0.2) is 11.6 Å². The van der Waals surface area contributed by atoms with Gasteiger partial charge in [0.25, 0.3) is 0 Å². The number of methoxy groups -OCH3 is 1. The maximum absolute atomic E-state index is 12.4. The van der Waals surface area contributed by atoms with Crippen molar-refractivity contribution < 1.29 is 14.1 Å². The molecule has 6 nitrogen and oxygen atoms in total. The molecule has 0 amide bonds. The first kappa shape index (κ1) is 17.6. The summed E-state index contributed by atoms with van der Waals surface area (Å²) in [6.07, 6.45) is 1.39. The third-order valence-electron chi connectivity index (χ3n) is 3.52. The molecule has 1 heterocycles. The van der Waals surface area contributed by atoms with Crippen molar-refractivity contribution >= 4 is 21.7 Å². The fraction of sp³-hybridized carbons (Fsp3) is 0.438. The third kappa shape index (κ3) is 4.87. The number of halogens is 1. The van der Waals surface area contributed by atoms with Crippen LogP contribution in [0.1, 0.15) is 35.4 Å².